The Hall–Kier alpha value is -1.10. The van der Waals surface area contributed by atoms with Gasteiger partial charge in [0.05, 0.1) is 12.5 Å². The predicted molar refractivity (Wildman–Crippen MR) is 64.8 cm³/mol. The minimum Gasteiger partial charge on any atom is -0.381 e. The SMILES string of the molecule is CC(=O)N1CC(C(=O)N2CC[C@]3(CCOC3)C2)C1. The first-order valence-corrected chi connectivity index (χ1v) is 6.72. The molecule has 0 N–H and O–H groups in total. The topological polar surface area (TPSA) is 49.9 Å². The molecule has 1 spiro atoms. The fraction of sp³-hybridized carbons (Fsp3) is 0.846. The van der Waals surface area contributed by atoms with E-state index in [9.17, 15) is 9.59 Å². The molecule has 3 saturated heterocycles. The van der Waals surface area contributed by atoms with Crippen LogP contribution in [-0.2, 0) is 14.3 Å². The summed E-state index contributed by atoms with van der Waals surface area (Å²) in [5.41, 5.74) is 0.236. The van der Waals surface area contributed by atoms with Crippen molar-refractivity contribution < 1.29 is 14.3 Å². The summed E-state index contributed by atoms with van der Waals surface area (Å²) < 4.78 is 5.47. The number of likely N-dealkylation sites (tertiary alicyclic amines) is 2. The average molecular weight is 252 g/mol. The Balaban J connectivity index is 1.54. The molecule has 0 aromatic heterocycles. The number of ether oxygens (including phenoxy) is 1. The van der Waals surface area contributed by atoms with Crippen molar-refractivity contribution >= 4 is 11.8 Å². The molecule has 3 aliphatic rings. The molecule has 100 valence electrons. The zero-order chi connectivity index (χ0) is 12.8. The maximum atomic E-state index is 12.3. The molecule has 0 radical (unpaired) electrons. The van der Waals surface area contributed by atoms with E-state index in [0.29, 0.717) is 13.1 Å². The molecule has 3 aliphatic heterocycles. The minimum absolute atomic E-state index is 0.0337. The summed E-state index contributed by atoms with van der Waals surface area (Å²) in [4.78, 5) is 27.1. The van der Waals surface area contributed by atoms with Gasteiger partial charge in [0.25, 0.3) is 0 Å². The van der Waals surface area contributed by atoms with Crippen LogP contribution in [-0.4, -0.2) is 61.0 Å². The fourth-order valence-corrected chi connectivity index (χ4v) is 3.24. The summed E-state index contributed by atoms with van der Waals surface area (Å²) >= 11 is 0. The molecule has 3 heterocycles. The number of nitrogens with zero attached hydrogens (tertiary/aromatic N) is 2. The lowest BCUT2D eigenvalue weighted by molar-refractivity contribution is -0.146. The van der Waals surface area contributed by atoms with Crippen molar-refractivity contribution in [1.82, 2.24) is 9.80 Å². The van der Waals surface area contributed by atoms with Gasteiger partial charge in [-0.3, -0.25) is 9.59 Å². The van der Waals surface area contributed by atoms with Gasteiger partial charge in [0.15, 0.2) is 0 Å². The van der Waals surface area contributed by atoms with Crippen LogP contribution in [0.2, 0.25) is 0 Å². The van der Waals surface area contributed by atoms with Crippen molar-refractivity contribution in [3.05, 3.63) is 0 Å². The summed E-state index contributed by atoms with van der Waals surface area (Å²) in [5.74, 6) is 0.337. The van der Waals surface area contributed by atoms with Crippen molar-refractivity contribution in [1.29, 1.82) is 0 Å². The molecule has 3 fully saturated rings. The lowest BCUT2D eigenvalue weighted by Crippen LogP contribution is -2.55. The number of hydrogen-bond acceptors (Lipinski definition) is 3. The quantitative estimate of drug-likeness (QED) is 0.665. The van der Waals surface area contributed by atoms with E-state index >= 15 is 0 Å². The number of carbonyl (C=O) groups excluding carboxylic acids is 2. The van der Waals surface area contributed by atoms with Crippen LogP contribution in [0.3, 0.4) is 0 Å². The normalized spacial score (nSPS) is 32.1. The highest BCUT2D eigenvalue weighted by Gasteiger charge is 2.45. The Morgan fingerprint density at radius 3 is 2.61 bits per heavy atom. The van der Waals surface area contributed by atoms with Crippen LogP contribution in [0.4, 0.5) is 0 Å². The highest BCUT2D eigenvalue weighted by molar-refractivity contribution is 5.84. The van der Waals surface area contributed by atoms with Gasteiger partial charge in [0.1, 0.15) is 0 Å². The molecular weight excluding hydrogens is 232 g/mol. The first kappa shape index (κ1) is 12.0. The zero-order valence-corrected chi connectivity index (χ0v) is 10.9. The first-order valence-electron chi connectivity index (χ1n) is 6.72. The Labute approximate surface area is 107 Å². The Kier molecular flexibility index (Phi) is 2.81. The molecule has 5 nitrogen and oxygen atoms in total. The monoisotopic (exact) mass is 252 g/mol. The van der Waals surface area contributed by atoms with Gasteiger partial charge in [-0.25, -0.2) is 0 Å². The van der Waals surface area contributed by atoms with Crippen molar-refractivity contribution in [2.24, 2.45) is 11.3 Å². The third-order valence-corrected chi connectivity index (χ3v) is 4.61. The van der Waals surface area contributed by atoms with Crippen LogP contribution in [0.25, 0.3) is 0 Å². The predicted octanol–water partition coefficient (Wildman–Crippen LogP) is 0.104. The smallest absolute Gasteiger partial charge is 0.229 e. The van der Waals surface area contributed by atoms with Gasteiger partial charge in [0, 0.05) is 45.1 Å². The number of carbonyl (C=O) groups is 2. The fourth-order valence-electron chi connectivity index (χ4n) is 3.24. The number of amides is 2. The molecule has 0 unspecified atom stereocenters. The van der Waals surface area contributed by atoms with Gasteiger partial charge in [-0.05, 0) is 12.8 Å². The molecule has 0 aliphatic carbocycles. The van der Waals surface area contributed by atoms with Gasteiger partial charge in [-0.1, -0.05) is 0 Å². The van der Waals surface area contributed by atoms with E-state index in [1.807, 2.05) is 4.90 Å². The lowest BCUT2D eigenvalue weighted by atomic mass is 9.87. The van der Waals surface area contributed by atoms with Crippen LogP contribution in [0, 0.1) is 11.3 Å². The molecule has 2 amide bonds. The van der Waals surface area contributed by atoms with Crippen LogP contribution < -0.4 is 0 Å². The van der Waals surface area contributed by atoms with Gasteiger partial charge < -0.3 is 14.5 Å². The second kappa shape index (κ2) is 4.23. The molecule has 0 aromatic carbocycles. The Bertz CT molecular complexity index is 370. The number of rotatable bonds is 1. The second-order valence-electron chi connectivity index (χ2n) is 5.93. The van der Waals surface area contributed by atoms with E-state index in [-0.39, 0.29) is 23.1 Å². The van der Waals surface area contributed by atoms with Crippen molar-refractivity contribution in [2.75, 3.05) is 39.4 Å². The standard InChI is InChI=1S/C13H20N2O3/c1-10(16)15-6-11(7-15)12(17)14-4-2-13(8-14)3-5-18-9-13/h11H,2-9H2,1H3/t13-/m0/s1. The van der Waals surface area contributed by atoms with Gasteiger partial charge in [-0.2, -0.15) is 0 Å². The highest BCUT2D eigenvalue weighted by atomic mass is 16.5. The molecule has 0 saturated carbocycles. The van der Waals surface area contributed by atoms with E-state index in [1.165, 1.54) is 0 Å². The largest absolute Gasteiger partial charge is 0.381 e. The maximum absolute atomic E-state index is 12.3. The number of hydrogen-bond donors (Lipinski definition) is 0. The summed E-state index contributed by atoms with van der Waals surface area (Å²) in [6.45, 7) is 6.12. The lowest BCUT2D eigenvalue weighted by Gasteiger charge is -2.39. The van der Waals surface area contributed by atoms with Gasteiger partial charge in [-0.15, -0.1) is 0 Å². The van der Waals surface area contributed by atoms with Crippen molar-refractivity contribution in [3.8, 4) is 0 Å². The van der Waals surface area contributed by atoms with Crippen LogP contribution in [0.5, 0.6) is 0 Å². The third kappa shape index (κ3) is 1.90. The van der Waals surface area contributed by atoms with E-state index < -0.39 is 0 Å². The molecule has 18 heavy (non-hydrogen) atoms. The molecule has 0 aromatic rings. The average Bonchev–Trinajstić information content (AvgIpc) is 2.87. The first-order chi connectivity index (χ1) is 8.60. The van der Waals surface area contributed by atoms with Crippen molar-refractivity contribution in [3.63, 3.8) is 0 Å². The second-order valence-corrected chi connectivity index (χ2v) is 5.93. The summed E-state index contributed by atoms with van der Waals surface area (Å²) in [6, 6.07) is 0. The van der Waals surface area contributed by atoms with E-state index in [1.54, 1.807) is 11.8 Å². The van der Waals surface area contributed by atoms with E-state index in [2.05, 4.69) is 0 Å². The summed E-state index contributed by atoms with van der Waals surface area (Å²) in [7, 11) is 0. The molecule has 3 rings (SSSR count). The minimum atomic E-state index is 0.0337. The van der Waals surface area contributed by atoms with E-state index in [0.717, 1.165) is 39.1 Å². The van der Waals surface area contributed by atoms with Gasteiger partial charge >= 0.3 is 0 Å². The Morgan fingerprint density at radius 1 is 1.22 bits per heavy atom. The molecular formula is C13H20N2O3. The summed E-state index contributed by atoms with van der Waals surface area (Å²) in [6.07, 6.45) is 2.16. The van der Waals surface area contributed by atoms with E-state index in [4.69, 9.17) is 4.74 Å². The zero-order valence-electron chi connectivity index (χ0n) is 10.9. The summed E-state index contributed by atoms with van der Waals surface area (Å²) in [5, 5.41) is 0. The maximum Gasteiger partial charge on any atom is 0.229 e. The highest BCUT2D eigenvalue weighted by Crippen LogP contribution is 2.39. The molecule has 5 heteroatoms. The van der Waals surface area contributed by atoms with Crippen LogP contribution in [0.1, 0.15) is 19.8 Å². The molecule has 0 bridgehead atoms. The Morgan fingerprint density at radius 2 is 2.00 bits per heavy atom. The van der Waals surface area contributed by atoms with Crippen LogP contribution in [0.15, 0.2) is 0 Å². The van der Waals surface area contributed by atoms with Crippen LogP contribution >= 0.6 is 0 Å². The van der Waals surface area contributed by atoms with Crippen molar-refractivity contribution in [2.45, 2.75) is 19.8 Å². The van der Waals surface area contributed by atoms with Gasteiger partial charge in [0.2, 0.25) is 11.8 Å². The molecule has 1 atom stereocenters. The third-order valence-electron chi connectivity index (χ3n) is 4.61.